The van der Waals surface area contributed by atoms with Crippen LogP contribution < -0.4 is 4.74 Å². The lowest BCUT2D eigenvalue weighted by Crippen LogP contribution is -2.29. The van der Waals surface area contributed by atoms with Crippen LogP contribution in [0.5, 0.6) is 5.75 Å². The second kappa shape index (κ2) is 7.21. The molecule has 4 rings (SSSR count). The number of hydrogen-bond acceptors (Lipinski definition) is 2. The van der Waals surface area contributed by atoms with Gasteiger partial charge in [-0.2, -0.15) is 0 Å². The van der Waals surface area contributed by atoms with Crippen molar-refractivity contribution in [2.24, 2.45) is 0 Å². The molecule has 2 heteroatoms. The van der Waals surface area contributed by atoms with Crippen molar-refractivity contribution in [1.29, 1.82) is 0 Å². The molecule has 3 aromatic carbocycles. The largest absolute Gasteiger partial charge is 0.497 e. The number of aryl methyl sites for hydroxylation is 1. The Kier molecular flexibility index (Phi) is 4.75. The highest BCUT2D eigenvalue weighted by Crippen LogP contribution is 2.39. The zero-order valence-corrected chi connectivity index (χ0v) is 16.3. The maximum absolute atomic E-state index is 5.82. The number of ether oxygens (including phenoxy) is 2. The van der Waals surface area contributed by atoms with Crippen LogP contribution in [-0.4, -0.2) is 14.2 Å². The third-order valence-corrected chi connectivity index (χ3v) is 5.87. The van der Waals surface area contributed by atoms with Crippen molar-refractivity contribution in [3.8, 4) is 28.0 Å². The molecule has 0 radical (unpaired) electrons. The molecule has 1 aliphatic carbocycles. The summed E-state index contributed by atoms with van der Waals surface area (Å²) in [6, 6.07) is 23.8. The van der Waals surface area contributed by atoms with Gasteiger partial charge in [-0.1, -0.05) is 54.6 Å². The van der Waals surface area contributed by atoms with Crippen molar-refractivity contribution >= 4 is 0 Å². The zero-order chi connectivity index (χ0) is 18.9. The van der Waals surface area contributed by atoms with Crippen molar-refractivity contribution in [2.45, 2.75) is 31.8 Å². The van der Waals surface area contributed by atoms with Crippen LogP contribution in [0.1, 0.15) is 30.9 Å². The van der Waals surface area contributed by atoms with E-state index in [1.165, 1.54) is 39.8 Å². The van der Waals surface area contributed by atoms with Gasteiger partial charge in [0.05, 0.1) is 12.7 Å². The van der Waals surface area contributed by atoms with Crippen molar-refractivity contribution in [3.05, 3.63) is 77.9 Å². The van der Waals surface area contributed by atoms with Gasteiger partial charge in [0.2, 0.25) is 0 Å². The van der Waals surface area contributed by atoms with Crippen LogP contribution in [0.15, 0.2) is 66.7 Å². The Morgan fingerprint density at radius 3 is 1.89 bits per heavy atom. The number of benzene rings is 3. The lowest BCUT2D eigenvalue weighted by atomic mass is 9.79. The van der Waals surface area contributed by atoms with E-state index in [0.29, 0.717) is 0 Å². The summed E-state index contributed by atoms with van der Waals surface area (Å²) in [7, 11) is 3.51. The van der Waals surface area contributed by atoms with Gasteiger partial charge in [-0.05, 0) is 71.7 Å². The molecular formula is C25H26O2. The first-order valence-corrected chi connectivity index (χ1v) is 9.56. The molecule has 0 aliphatic heterocycles. The van der Waals surface area contributed by atoms with Crippen LogP contribution in [-0.2, 0) is 16.8 Å². The molecule has 0 aromatic heterocycles. The molecule has 138 valence electrons. The van der Waals surface area contributed by atoms with Crippen LogP contribution in [0, 0.1) is 0 Å². The Morgan fingerprint density at radius 1 is 0.741 bits per heavy atom. The third-order valence-electron chi connectivity index (χ3n) is 5.87. The molecule has 1 unspecified atom stereocenters. The minimum absolute atomic E-state index is 0.148. The second-order valence-corrected chi connectivity index (χ2v) is 7.47. The summed E-state index contributed by atoms with van der Waals surface area (Å²) in [5.74, 6) is 0.882. The van der Waals surface area contributed by atoms with E-state index in [4.69, 9.17) is 9.47 Å². The number of fused-ring (bicyclic) bond motifs is 1. The van der Waals surface area contributed by atoms with Crippen molar-refractivity contribution < 1.29 is 9.47 Å². The first-order valence-electron chi connectivity index (χ1n) is 9.56. The van der Waals surface area contributed by atoms with E-state index in [9.17, 15) is 0 Å². The fourth-order valence-electron chi connectivity index (χ4n) is 4.10. The predicted molar refractivity (Wildman–Crippen MR) is 111 cm³/mol. The highest BCUT2D eigenvalue weighted by Gasteiger charge is 2.31. The van der Waals surface area contributed by atoms with E-state index in [1.54, 1.807) is 7.11 Å². The van der Waals surface area contributed by atoms with Crippen LogP contribution >= 0.6 is 0 Å². The molecule has 3 aromatic rings. The van der Waals surface area contributed by atoms with E-state index in [2.05, 4.69) is 61.5 Å². The molecule has 0 heterocycles. The standard InChI is InChI=1S/C25H26O2/c1-25(27-3)16-4-5-22-17-21(12-15-24(22)25)20-8-6-18(7-9-20)19-10-13-23(26-2)14-11-19/h6-15,17H,4-5,16H2,1-3H3. The lowest BCUT2D eigenvalue weighted by Gasteiger charge is -2.35. The topological polar surface area (TPSA) is 18.5 Å². The van der Waals surface area contributed by atoms with E-state index in [1.807, 2.05) is 19.2 Å². The van der Waals surface area contributed by atoms with Crippen molar-refractivity contribution in [1.82, 2.24) is 0 Å². The molecule has 0 bridgehead atoms. The van der Waals surface area contributed by atoms with Crippen LogP contribution in [0.25, 0.3) is 22.3 Å². The molecule has 0 saturated carbocycles. The maximum atomic E-state index is 5.82. The molecular weight excluding hydrogens is 332 g/mol. The summed E-state index contributed by atoms with van der Waals surface area (Å²) in [6.07, 6.45) is 3.40. The molecule has 2 nitrogen and oxygen atoms in total. The number of methoxy groups -OCH3 is 2. The molecule has 1 aliphatic rings. The second-order valence-electron chi connectivity index (χ2n) is 7.47. The summed E-state index contributed by atoms with van der Waals surface area (Å²) >= 11 is 0. The zero-order valence-electron chi connectivity index (χ0n) is 16.3. The molecule has 0 amide bonds. The average molecular weight is 358 g/mol. The van der Waals surface area contributed by atoms with Gasteiger partial charge in [-0.15, -0.1) is 0 Å². The van der Waals surface area contributed by atoms with Gasteiger partial charge in [-0.3, -0.25) is 0 Å². The van der Waals surface area contributed by atoms with Crippen LogP contribution in [0.2, 0.25) is 0 Å². The third kappa shape index (κ3) is 3.38. The van der Waals surface area contributed by atoms with Crippen molar-refractivity contribution in [3.63, 3.8) is 0 Å². The highest BCUT2D eigenvalue weighted by atomic mass is 16.5. The van der Waals surface area contributed by atoms with E-state index < -0.39 is 0 Å². The summed E-state index contributed by atoms with van der Waals surface area (Å²) in [6.45, 7) is 2.20. The fraction of sp³-hybridized carbons (Fsp3) is 0.280. The van der Waals surface area contributed by atoms with Gasteiger partial charge in [0.1, 0.15) is 5.75 Å². The van der Waals surface area contributed by atoms with Gasteiger partial charge in [-0.25, -0.2) is 0 Å². The smallest absolute Gasteiger partial charge is 0.118 e. The minimum atomic E-state index is -0.148. The Hall–Kier alpha value is -2.58. The van der Waals surface area contributed by atoms with Gasteiger partial charge >= 0.3 is 0 Å². The van der Waals surface area contributed by atoms with Crippen molar-refractivity contribution in [2.75, 3.05) is 14.2 Å². The predicted octanol–water partition coefficient (Wildman–Crippen LogP) is 6.23. The van der Waals surface area contributed by atoms with E-state index in [-0.39, 0.29) is 5.60 Å². The van der Waals surface area contributed by atoms with E-state index in [0.717, 1.165) is 18.6 Å². The Bertz CT molecular complexity index is 926. The van der Waals surface area contributed by atoms with Gasteiger partial charge in [0.25, 0.3) is 0 Å². The molecule has 1 atom stereocenters. The van der Waals surface area contributed by atoms with Gasteiger partial charge in [0.15, 0.2) is 0 Å². The average Bonchev–Trinajstić information content (AvgIpc) is 2.74. The monoisotopic (exact) mass is 358 g/mol. The van der Waals surface area contributed by atoms with Crippen LogP contribution in [0.3, 0.4) is 0 Å². The molecule has 0 fully saturated rings. The fourth-order valence-corrected chi connectivity index (χ4v) is 4.10. The first-order chi connectivity index (χ1) is 13.1. The Morgan fingerprint density at radius 2 is 1.30 bits per heavy atom. The van der Waals surface area contributed by atoms with Crippen LogP contribution in [0.4, 0.5) is 0 Å². The summed E-state index contributed by atoms with van der Waals surface area (Å²) in [5, 5.41) is 0. The summed E-state index contributed by atoms with van der Waals surface area (Å²) in [5.41, 5.74) is 7.55. The maximum Gasteiger partial charge on any atom is 0.118 e. The molecule has 0 spiro atoms. The lowest BCUT2D eigenvalue weighted by molar-refractivity contribution is -0.0124. The number of rotatable bonds is 4. The summed E-state index contributed by atoms with van der Waals surface area (Å²) < 4.78 is 11.1. The minimum Gasteiger partial charge on any atom is -0.497 e. The Labute approximate surface area is 161 Å². The van der Waals surface area contributed by atoms with Gasteiger partial charge < -0.3 is 9.47 Å². The molecule has 0 N–H and O–H groups in total. The van der Waals surface area contributed by atoms with E-state index >= 15 is 0 Å². The number of hydrogen-bond donors (Lipinski definition) is 0. The van der Waals surface area contributed by atoms with Gasteiger partial charge in [0, 0.05) is 7.11 Å². The highest BCUT2D eigenvalue weighted by molar-refractivity contribution is 5.71. The quantitative estimate of drug-likeness (QED) is 0.550. The molecule has 27 heavy (non-hydrogen) atoms. The Balaban J connectivity index is 1.62. The molecule has 0 saturated heterocycles. The first kappa shape index (κ1) is 17.8. The SMILES string of the molecule is COc1ccc(-c2ccc(-c3ccc4c(c3)CCCC4(C)OC)cc2)cc1. The normalized spacial score (nSPS) is 18.8. The summed E-state index contributed by atoms with van der Waals surface area (Å²) in [4.78, 5) is 0.